The van der Waals surface area contributed by atoms with Crippen molar-refractivity contribution >= 4 is 5.69 Å². The second-order valence-electron chi connectivity index (χ2n) is 5.56. The highest BCUT2D eigenvalue weighted by molar-refractivity contribution is 5.54. The summed E-state index contributed by atoms with van der Waals surface area (Å²) in [6, 6.07) is 16.9. The fraction of sp³-hybridized carbons (Fsp3) is 0.368. The monoisotopic (exact) mass is 298 g/mol. The van der Waals surface area contributed by atoms with Gasteiger partial charge in [0.25, 0.3) is 0 Å². The summed E-state index contributed by atoms with van der Waals surface area (Å²) in [6.45, 7) is 5.90. The zero-order valence-corrected chi connectivity index (χ0v) is 13.5. The smallest absolute Gasteiger partial charge is 0.142 e. The lowest BCUT2D eigenvalue weighted by Crippen LogP contribution is -2.21. The van der Waals surface area contributed by atoms with Crippen molar-refractivity contribution < 1.29 is 4.74 Å². The molecule has 0 spiro atoms. The number of benzene rings is 2. The van der Waals surface area contributed by atoms with Crippen LogP contribution in [0.3, 0.4) is 0 Å². The normalized spacial score (nSPS) is 12.1. The van der Waals surface area contributed by atoms with Crippen LogP contribution in [0.4, 0.5) is 5.69 Å². The second-order valence-corrected chi connectivity index (χ2v) is 5.56. The molecular formula is C19H26N2O. The Labute approximate surface area is 133 Å². The van der Waals surface area contributed by atoms with Crippen LogP contribution in [-0.4, -0.2) is 13.2 Å². The van der Waals surface area contributed by atoms with E-state index in [4.69, 9.17) is 10.5 Å². The van der Waals surface area contributed by atoms with Crippen LogP contribution in [0.15, 0.2) is 48.5 Å². The summed E-state index contributed by atoms with van der Waals surface area (Å²) >= 11 is 0. The van der Waals surface area contributed by atoms with Crippen LogP contribution in [0.5, 0.6) is 5.75 Å². The lowest BCUT2D eigenvalue weighted by Gasteiger charge is -2.14. The van der Waals surface area contributed by atoms with Gasteiger partial charge >= 0.3 is 0 Å². The number of ether oxygens (including phenoxy) is 1. The summed E-state index contributed by atoms with van der Waals surface area (Å²) in [5.74, 6) is 0.788. The number of hydrogen-bond donors (Lipinski definition) is 2. The van der Waals surface area contributed by atoms with Crippen LogP contribution in [0.25, 0.3) is 0 Å². The Kier molecular flexibility index (Phi) is 6.28. The third-order valence-electron chi connectivity index (χ3n) is 3.70. The van der Waals surface area contributed by atoms with Gasteiger partial charge in [-0.25, -0.2) is 0 Å². The predicted octanol–water partition coefficient (Wildman–Crippen LogP) is 3.95. The predicted molar refractivity (Wildman–Crippen MR) is 93.2 cm³/mol. The maximum atomic E-state index is 6.04. The quantitative estimate of drug-likeness (QED) is 0.725. The number of nitrogens with two attached hydrogens (primary N) is 1. The lowest BCUT2D eigenvalue weighted by molar-refractivity contribution is 0.319. The van der Waals surface area contributed by atoms with Gasteiger partial charge < -0.3 is 15.8 Å². The van der Waals surface area contributed by atoms with Crippen LogP contribution >= 0.6 is 0 Å². The van der Waals surface area contributed by atoms with Crippen LogP contribution < -0.4 is 15.8 Å². The molecule has 3 nitrogen and oxygen atoms in total. The average molecular weight is 298 g/mol. The molecule has 0 saturated heterocycles. The molecule has 2 rings (SSSR count). The zero-order chi connectivity index (χ0) is 15.8. The topological polar surface area (TPSA) is 47.3 Å². The Morgan fingerprint density at radius 3 is 2.59 bits per heavy atom. The van der Waals surface area contributed by atoms with Gasteiger partial charge in [-0.1, -0.05) is 43.3 Å². The van der Waals surface area contributed by atoms with Crippen molar-refractivity contribution in [2.24, 2.45) is 0 Å². The highest BCUT2D eigenvalue weighted by Crippen LogP contribution is 2.23. The summed E-state index contributed by atoms with van der Waals surface area (Å²) in [5, 5.41) is 3.54. The molecule has 0 aromatic heterocycles. The molecule has 3 heteroatoms. The first-order chi connectivity index (χ1) is 10.7. The van der Waals surface area contributed by atoms with Crippen molar-refractivity contribution in [3.8, 4) is 5.75 Å². The van der Waals surface area contributed by atoms with Crippen molar-refractivity contribution in [3.63, 3.8) is 0 Å². The Morgan fingerprint density at radius 2 is 1.91 bits per heavy atom. The molecule has 1 atom stereocenters. The first-order valence-electron chi connectivity index (χ1n) is 8.00. The van der Waals surface area contributed by atoms with Gasteiger partial charge in [0.1, 0.15) is 5.75 Å². The minimum atomic E-state index is 0.353. The number of rotatable bonds is 8. The molecule has 22 heavy (non-hydrogen) atoms. The standard InChI is InChI=1S/C19H26N2O/c1-3-13-22-19-10-9-16(14-18(19)20)11-12-21-15(2)17-7-5-4-6-8-17/h4-10,14-15,21H,3,11-13,20H2,1-2H3. The number of nitrogens with one attached hydrogen (secondary N) is 1. The molecule has 0 aliphatic carbocycles. The summed E-state index contributed by atoms with van der Waals surface area (Å²) in [4.78, 5) is 0. The highest BCUT2D eigenvalue weighted by atomic mass is 16.5. The van der Waals surface area contributed by atoms with E-state index in [9.17, 15) is 0 Å². The van der Waals surface area contributed by atoms with Gasteiger partial charge in [-0.3, -0.25) is 0 Å². The summed E-state index contributed by atoms with van der Waals surface area (Å²) in [6.07, 6.45) is 1.94. The van der Waals surface area contributed by atoms with E-state index in [0.717, 1.165) is 30.8 Å². The van der Waals surface area contributed by atoms with Gasteiger partial charge in [0, 0.05) is 6.04 Å². The Morgan fingerprint density at radius 1 is 1.14 bits per heavy atom. The largest absolute Gasteiger partial charge is 0.491 e. The molecule has 1 unspecified atom stereocenters. The fourth-order valence-corrected chi connectivity index (χ4v) is 2.39. The summed E-state index contributed by atoms with van der Waals surface area (Å²) < 4.78 is 5.60. The molecule has 0 aliphatic heterocycles. The molecule has 0 radical (unpaired) electrons. The van der Waals surface area contributed by atoms with Crippen molar-refractivity contribution in [2.45, 2.75) is 32.7 Å². The van der Waals surface area contributed by atoms with Crippen molar-refractivity contribution in [1.29, 1.82) is 0 Å². The third kappa shape index (κ3) is 4.78. The number of nitrogen functional groups attached to an aromatic ring is 1. The third-order valence-corrected chi connectivity index (χ3v) is 3.70. The van der Waals surface area contributed by atoms with Gasteiger partial charge in [-0.2, -0.15) is 0 Å². The number of anilines is 1. The SMILES string of the molecule is CCCOc1ccc(CCNC(C)c2ccccc2)cc1N. The Bertz CT molecular complexity index is 569. The molecule has 3 N–H and O–H groups in total. The van der Waals surface area contributed by atoms with Gasteiger partial charge in [0.05, 0.1) is 12.3 Å². The van der Waals surface area contributed by atoms with E-state index in [1.54, 1.807) is 0 Å². The van der Waals surface area contributed by atoms with Crippen molar-refractivity contribution in [1.82, 2.24) is 5.32 Å². The van der Waals surface area contributed by atoms with Crippen molar-refractivity contribution in [3.05, 3.63) is 59.7 Å². The maximum absolute atomic E-state index is 6.04. The molecule has 2 aromatic rings. The minimum absolute atomic E-state index is 0.353. The first kappa shape index (κ1) is 16.4. The lowest BCUT2D eigenvalue weighted by atomic mass is 10.1. The second kappa shape index (κ2) is 8.44. The van der Waals surface area contributed by atoms with E-state index in [1.165, 1.54) is 11.1 Å². The van der Waals surface area contributed by atoms with Gasteiger partial charge in [-0.15, -0.1) is 0 Å². The maximum Gasteiger partial charge on any atom is 0.142 e. The van der Waals surface area contributed by atoms with Crippen LogP contribution in [0, 0.1) is 0 Å². The summed E-state index contributed by atoms with van der Waals surface area (Å²) in [5.41, 5.74) is 9.30. The van der Waals surface area contributed by atoms with Crippen LogP contribution in [0.1, 0.15) is 37.4 Å². The molecule has 0 bridgehead atoms. The molecule has 2 aromatic carbocycles. The minimum Gasteiger partial charge on any atom is -0.491 e. The molecule has 0 fully saturated rings. The first-order valence-corrected chi connectivity index (χ1v) is 8.00. The molecule has 0 saturated carbocycles. The molecule has 0 heterocycles. The molecular weight excluding hydrogens is 272 g/mol. The van der Waals surface area contributed by atoms with Gasteiger partial charge in [0.15, 0.2) is 0 Å². The molecule has 118 valence electrons. The molecule has 0 amide bonds. The van der Waals surface area contributed by atoms with Crippen LogP contribution in [-0.2, 0) is 6.42 Å². The number of hydrogen-bond acceptors (Lipinski definition) is 3. The average Bonchev–Trinajstić information content (AvgIpc) is 2.55. The van der Waals surface area contributed by atoms with Gasteiger partial charge in [-0.05, 0) is 49.6 Å². The Hall–Kier alpha value is -2.00. The van der Waals surface area contributed by atoms with Crippen LogP contribution in [0.2, 0.25) is 0 Å². The van der Waals surface area contributed by atoms with E-state index in [1.807, 2.05) is 18.2 Å². The zero-order valence-electron chi connectivity index (χ0n) is 13.5. The van der Waals surface area contributed by atoms with E-state index < -0.39 is 0 Å². The van der Waals surface area contributed by atoms with Gasteiger partial charge in [0.2, 0.25) is 0 Å². The van der Waals surface area contributed by atoms with E-state index >= 15 is 0 Å². The van der Waals surface area contributed by atoms with E-state index in [0.29, 0.717) is 12.6 Å². The molecule has 0 aliphatic rings. The highest BCUT2D eigenvalue weighted by Gasteiger charge is 2.05. The van der Waals surface area contributed by atoms with E-state index in [2.05, 4.69) is 49.5 Å². The fourth-order valence-electron chi connectivity index (χ4n) is 2.39. The summed E-state index contributed by atoms with van der Waals surface area (Å²) in [7, 11) is 0. The van der Waals surface area contributed by atoms with Crippen molar-refractivity contribution in [2.75, 3.05) is 18.9 Å². The Balaban J connectivity index is 1.83. The van der Waals surface area contributed by atoms with E-state index in [-0.39, 0.29) is 0 Å².